The number of nitrogens with zero attached hydrogens (tertiary/aromatic N) is 1. The van der Waals surface area contributed by atoms with Crippen molar-refractivity contribution in [2.45, 2.75) is 13.3 Å². The van der Waals surface area contributed by atoms with Crippen LogP contribution in [0.2, 0.25) is 5.02 Å². The second kappa shape index (κ2) is 5.89. The normalized spacial score (nSPS) is 10.5. The van der Waals surface area contributed by atoms with Gasteiger partial charge in [-0.1, -0.05) is 11.6 Å². The summed E-state index contributed by atoms with van der Waals surface area (Å²) < 4.78 is 5.23. The van der Waals surface area contributed by atoms with Gasteiger partial charge in [-0.25, -0.2) is 5.01 Å². The third-order valence-electron chi connectivity index (χ3n) is 2.26. The molecule has 0 radical (unpaired) electrons. The Morgan fingerprint density at radius 3 is 2.65 bits per heavy atom. The highest BCUT2D eigenvalue weighted by Gasteiger charge is 2.11. The Bertz CT molecular complexity index is 419. The van der Waals surface area contributed by atoms with Crippen molar-refractivity contribution in [2.24, 2.45) is 0 Å². The topological polar surface area (TPSA) is 41.6 Å². The van der Waals surface area contributed by atoms with Crippen molar-refractivity contribution in [3.8, 4) is 5.75 Å². The van der Waals surface area contributed by atoms with Crippen molar-refractivity contribution < 1.29 is 9.53 Å². The van der Waals surface area contributed by atoms with Crippen LogP contribution in [0, 0.1) is 6.92 Å². The largest absolute Gasteiger partial charge is 0.496 e. The zero-order valence-electron chi connectivity index (χ0n) is 10.5. The summed E-state index contributed by atoms with van der Waals surface area (Å²) in [6, 6.07) is 3.60. The van der Waals surface area contributed by atoms with E-state index in [1.54, 1.807) is 32.3 Å². The minimum Gasteiger partial charge on any atom is -0.496 e. The number of carbonyl (C=O) groups excluding carboxylic acids is 1. The molecule has 0 unspecified atom stereocenters. The maximum Gasteiger partial charge on any atom is 0.238 e. The minimum absolute atomic E-state index is 0.104. The van der Waals surface area contributed by atoms with Crippen molar-refractivity contribution in [2.75, 3.05) is 21.2 Å². The molecule has 0 spiro atoms. The molecule has 0 saturated heterocycles. The lowest BCUT2D eigenvalue weighted by molar-refractivity contribution is -0.124. The second-order valence-electron chi connectivity index (χ2n) is 4.02. The molecule has 94 valence electrons. The Hall–Kier alpha value is -1.26. The molecule has 1 aromatic rings. The van der Waals surface area contributed by atoms with E-state index < -0.39 is 0 Å². The Morgan fingerprint density at radius 2 is 2.12 bits per heavy atom. The average molecular weight is 257 g/mol. The SMILES string of the molecule is COc1cc(C)c(Cl)cc1CC(=O)NN(C)C. The number of rotatable bonds is 4. The molecule has 0 aliphatic carbocycles. The van der Waals surface area contributed by atoms with Crippen LogP contribution in [0.1, 0.15) is 11.1 Å². The van der Waals surface area contributed by atoms with E-state index in [4.69, 9.17) is 16.3 Å². The summed E-state index contributed by atoms with van der Waals surface area (Å²) in [5.41, 5.74) is 4.38. The fraction of sp³-hybridized carbons (Fsp3) is 0.417. The molecule has 1 aromatic carbocycles. The lowest BCUT2D eigenvalue weighted by atomic mass is 10.1. The van der Waals surface area contributed by atoms with Crippen LogP contribution in [0.5, 0.6) is 5.75 Å². The maximum absolute atomic E-state index is 11.6. The van der Waals surface area contributed by atoms with E-state index in [1.807, 2.05) is 13.0 Å². The van der Waals surface area contributed by atoms with Gasteiger partial charge in [0.1, 0.15) is 5.75 Å². The Balaban J connectivity index is 2.90. The smallest absolute Gasteiger partial charge is 0.238 e. The molecule has 0 aliphatic heterocycles. The number of aryl methyl sites for hydroxylation is 1. The summed E-state index contributed by atoms with van der Waals surface area (Å²) in [5, 5.41) is 2.24. The second-order valence-corrected chi connectivity index (χ2v) is 4.43. The highest BCUT2D eigenvalue weighted by atomic mass is 35.5. The molecule has 1 rings (SSSR count). The summed E-state index contributed by atoms with van der Waals surface area (Å²) in [5.74, 6) is 0.578. The number of nitrogens with one attached hydrogen (secondary N) is 1. The van der Waals surface area contributed by atoms with Gasteiger partial charge in [-0.3, -0.25) is 10.2 Å². The Kier molecular flexibility index (Phi) is 4.78. The standard InChI is InChI=1S/C12H17ClN2O2/c1-8-5-11(17-4)9(6-10(8)13)7-12(16)14-15(2)3/h5-6H,7H2,1-4H3,(H,14,16). The lowest BCUT2D eigenvalue weighted by Crippen LogP contribution is -2.37. The van der Waals surface area contributed by atoms with Gasteiger partial charge in [0.25, 0.3) is 0 Å². The van der Waals surface area contributed by atoms with Crippen molar-refractivity contribution in [1.82, 2.24) is 10.4 Å². The summed E-state index contributed by atoms with van der Waals surface area (Å²) in [6.45, 7) is 1.90. The number of hydrogen-bond donors (Lipinski definition) is 1. The Morgan fingerprint density at radius 1 is 1.47 bits per heavy atom. The lowest BCUT2D eigenvalue weighted by Gasteiger charge is -2.14. The van der Waals surface area contributed by atoms with E-state index in [9.17, 15) is 4.79 Å². The third-order valence-corrected chi connectivity index (χ3v) is 2.67. The van der Waals surface area contributed by atoms with Crippen LogP contribution in [0.25, 0.3) is 0 Å². The Labute approximate surface area is 106 Å². The fourth-order valence-corrected chi connectivity index (χ4v) is 1.67. The predicted molar refractivity (Wildman–Crippen MR) is 68.3 cm³/mol. The number of ether oxygens (including phenoxy) is 1. The van der Waals surface area contributed by atoms with E-state index in [0.29, 0.717) is 10.8 Å². The first-order chi connectivity index (χ1) is 7.93. The van der Waals surface area contributed by atoms with Crippen LogP contribution in [-0.2, 0) is 11.2 Å². The molecule has 4 nitrogen and oxygen atoms in total. The molecule has 0 fully saturated rings. The van der Waals surface area contributed by atoms with Crippen molar-refractivity contribution >= 4 is 17.5 Å². The van der Waals surface area contributed by atoms with Crippen LogP contribution in [-0.4, -0.2) is 32.1 Å². The zero-order chi connectivity index (χ0) is 13.0. The summed E-state index contributed by atoms with van der Waals surface area (Å²) in [4.78, 5) is 11.6. The number of halogens is 1. The van der Waals surface area contributed by atoms with Gasteiger partial charge in [0.15, 0.2) is 0 Å². The van der Waals surface area contributed by atoms with Gasteiger partial charge in [0.2, 0.25) is 5.91 Å². The molecule has 0 saturated carbocycles. The van der Waals surface area contributed by atoms with Gasteiger partial charge in [0, 0.05) is 24.7 Å². The van der Waals surface area contributed by atoms with Gasteiger partial charge in [-0.05, 0) is 24.6 Å². The predicted octanol–water partition coefficient (Wildman–Crippen LogP) is 1.79. The highest BCUT2D eigenvalue weighted by molar-refractivity contribution is 6.31. The van der Waals surface area contributed by atoms with E-state index >= 15 is 0 Å². The zero-order valence-corrected chi connectivity index (χ0v) is 11.3. The first kappa shape index (κ1) is 13.8. The van der Waals surface area contributed by atoms with E-state index in [-0.39, 0.29) is 12.3 Å². The third kappa shape index (κ3) is 3.91. The van der Waals surface area contributed by atoms with Gasteiger partial charge >= 0.3 is 0 Å². The molecule has 0 heterocycles. The number of hydrogen-bond acceptors (Lipinski definition) is 3. The molecular formula is C12H17ClN2O2. The molecule has 17 heavy (non-hydrogen) atoms. The molecule has 0 atom stereocenters. The van der Waals surface area contributed by atoms with Crippen LogP contribution in [0.15, 0.2) is 12.1 Å². The van der Waals surface area contributed by atoms with Crippen LogP contribution in [0.3, 0.4) is 0 Å². The molecule has 1 N–H and O–H groups in total. The number of carbonyl (C=O) groups is 1. The monoisotopic (exact) mass is 256 g/mol. The number of benzene rings is 1. The first-order valence-electron chi connectivity index (χ1n) is 5.24. The van der Waals surface area contributed by atoms with Crippen LogP contribution < -0.4 is 10.2 Å². The van der Waals surface area contributed by atoms with Crippen LogP contribution in [0.4, 0.5) is 0 Å². The van der Waals surface area contributed by atoms with E-state index in [0.717, 1.165) is 11.1 Å². The molecule has 1 amide bonds. The van der Waals surface area contributed by atoms with E-state index in [2.05, 4.69) is 5.43 Å². The first-order valence-corrected chi connectivity index (χ1v) is 5.61. The fourth-order valence-electron chi connectivity index (χ4n) is 1.49. The average Bonchev–Trinajstić information content (AvgIpc) is 2.21. The molecule has 0 aromatic heterocycles. The molecule has 5 heteroatoms. The van der Waals surface area contributed by atoms with Gasteiger partial charge < -0.3 is 4.74 Å². The van der Waals surface area contributed by atoms with Gasteiger partial charge in [-0.2, -0.15) is 0 Å². The van der Waals surface area contributed by atoms with Crippen molar-refractivity contribution in [3.63, 3.8) is 0 Å². The van der Waals surface area contributed by atoms with Crippen LogP contribution >= 0.6 is 11.6 Å². The summed E-state index contributed by atoms with van der Waals surface area (Å²) in [7, 11) is 5.10. The summed E-state index contributed by atoms with van der Waals surface area (Å²) in [6.07, 6.45) is 0.237. The molecule has 0 bridgehead atoms. The number of hydrazine groups is 1. The quantitative estimate of drug-likeness (QED) is 0.836. The number of amides is 1. The van der Waals surface area contributed by atoms with Gasteiger partial charge in [-0.15, -0.1) is 0 Å². The summed E-state index contributed by atoms with van der Waals surface area (Å²) >= 11 is 6.03. The van der Waals surface area contributed by atoms with Gasteiger partial charge in [0.05, 0.1) is 13.5 Å². The molecular weight excluding hydrogens is 240 g/mol. The van der Waals surface area contributed by atoms with Crippen molar-refractivity contribution in [1.29, 1.82) is 0 Å². The molecule has 0 aliphatic rings. The maximum atomic E-state index is 11.6. The van der Waals surface area contributed by atoms with Crippen molar-refractivity contribution in [3.05, 3.63) is 28.3 Å². The van der Waals surface area contributed by atoms with E-state index in [1.165, 1.54) is 0 Å². The highest BCUT2D eigenvalue weighted by Crippen LogP contribution is 2.26. The number of methoxy groups -OCH3 is 1. The minimum atomic E-state index is -0.104.